The van der Waals surface area contributed by atoms with Crippen molar-refractivity contribution in [2.24, 2.45) is 7.05 Å². The molecule has 2 aromatic carbocycles. The fraction of sp³-hybridized carbons (Fsp3) is 0.464. The average molecular weight is 491 g/mol. The van der Waals surface area contributed by atoms with Gasteiger partial charge >= 0.3 is 0 Å². The van der Waals surface area contributed by atoms with Crippen LogP contribution >= 0.6 is 0 Å². The van der Waals surface area contributed by atoms with Crippen molar-refractivity contribution in [3.8, 4) is 0 Å². The third-order valence-electron chi connectivity index (χ3n) is 7.20. The molecule has 0 bridgehead atoms. The van der Waals surface area contributed by atoms with Crippen LogP contribution in [0.5, 0.6) is 0 Å². The first-order chi connectivity index (χ1) is 17.3. The fourth-order valence-corrected chi connectivity index (χ4v) is 5.13. The molecule has 0 radical (unpaired) electrons. The number of aryl methyl sites for hydroxylation is 3. The molecule has 1 aliphatic rings. The quantitative estimate of drug-likeness (QED) is 0.427. The molecule has 0 saturated carbocycles. The van der Waals surface area contributed by atoms with Gasteiger partial charge in [0.15, 0.2) is 0 Å². The van der Waals surface area contributed by atoms with Crippen molar-refractivity contribution in [3.63, 3.8) is 0 Å². The number of fused-ring (bicyclic) bond motifs is 2. The molecule has 4 rings (SSSR count). The predicted molar refractivity (Wildman–Crippen MR) is 144 cm³/mol. The third kappa shape index (κ3) is 5.54. The maximum Gasteiger partial charge on any atom is 0.242 e. The Morgan fingerprint density at radius 1 is 1.08 bits per heavy atom. The molecule has 8 heteroatoms. The Morgan fingerprint density at radius 3 is 2.44 bits per heavy atom. The molecular weight excluding hydrogens is 452 g/mol. The minimum atomic E-state index is -0.0997. The van der Waals surface area contributed by atoms with E-state index in [1.807, 2.05) is 49.3 Å². The van der Waals surface area contributed by atoms with Gasteiger partial charge in [-0.25, -0.2) is 0 Å². The summed E-state index contributed by atoms with van der Waals surface area (Å²) in [4.78, 5) is 30.1. The molecule has 0 unspecified atom stereocenters. The molecule has 1 heterocycles. The Hall–Kier alpha value is -3.39. The van der Waals surface area contributed by atoms with Crippen LogP contribution in [0.3, 0.4) is 0 Å². The highest BCUT2D eigenvalue weighted by atomic mass is 16.2. The molecule has 192 valence electrons. The zero-order chi connectivity index (χ0) is 25.8. The minimum absolute atomic E-state index is 0.00828. The highest BCUT2D eigenvalue weighted by Gasteiger charge is 2.29. The van der Waals surface area contributed by atoms with Gasteiger partial charge in [0.1, 0.15) is 0 Å². The molecule has 2 N–H and O–H groups in total. The predicted octanol–water partition coefficient (Wildman–Crippen LogP) is 2.35. The molecular formula is C28H38N6O2. The number of nitrogens with zero attached hydrogens (tertiary/aromatic N) is 4. The number of hydrogen-bond donors (Lipinski definition) is 2. The summed E-state index contributed by atoms with van der Waals surface area (Å²) < 4.78 is 1.85. The number of carbonyl (C=O) groups excluding carboxylic acids is 2. The first kappa shape index (κ1) is 25.7. The number of amides is 2. The number of hydrogen-bond acceptors (Lipinski definition) is 5. The minimum Gasteiger partial charge on any atom is -0.353 e. The first-order valence-corrected chi connectivity index (χ1v) is 12.8. The zero-order valence-corrected chi connectivity index (χ0v) is 22.1. The van der Waals surface area contributed by atoms with Crippen molar-refractivity contribution in [2.75, 3.05) is 44.7 Å². The van der Waals surface area contributed by atoms with E-state index in [9.17, 15) is 9.59 Å². The molecule has 3 aromatic rings. The van der Waals surface area contributed by atoms with Crippen molar-refractivity contribution in [1.29, 1.82) is 0 Å². The number of anilines is 1. The lowest BCUT2D eigenvalue weighted by molar-refractivity contribution is -0.130. The molecule has 0 atom stereocenters. The highest BCUT2D eigenvalue weighted by molar-refractivity contribution is 5.91. The van der Waals surface area contributed by atoms with Crippen LogP contribution in [-0.2, 0) is 29.5 Å². The van der Waals surface area contributed by atoms with E-state index in [1.54, 1.807) is 0 Å². The van der Waals surface area contributed by atoms with Crippen LogP contribution in [0.4, 0.5) is 5.69 Å². The lowest BCUT2D eigenvalue weighted by Crippen LogP contribution is -2.47. The highest BCUT2D eigenvalue weighted by Crippen LogP contribution is 2.29. The number of rotatable bonds is 10. The van der Waals surface area contributed by atoms with Crippen LogP contribution in [0.15, 0.2) is 36.4 Å². The number of likely N-dealkylation sites (N-methyl/N-ethyl adjacent to an activating group) is 2. The van der Waals surface area contributed by atoms with Gasteiger partial charge in [-0.05, 0) is 62.1 Å². The standard InChI is InChI=1S/C28H38N6O2/c1-6-29-11-12-30-27(35)17-34(25-16-26-24(13-19(25)2)20(3)31-33(26)5)18-28(36)32(4)23-14-21-9-7-8-10-22(21)15-23/h7-10,13,16,23,29H,6,11-12,14-15,17-18H2,1-5H3,(H,30,35). The number of aromatic nitrogens is 2. The van der Waals surface area contributed by atoms with Crippen molar-refractivity contribution in [1.82, 2.24) is 25.3 Å². The lowest BCUT2D eigenvalue weighted by Gasteiger charge is -2.30. The third-order valence-corrected chi connectivity index (χ3v) is 7.20. The van der Waals surface area contributed by atoms with E-state index in [2.05, 4.69) is 52.1 Å². The summed E-state index contributed by atoms with van der Waals surface area (Å²) in [6.07, 6.45) is 1.73. The first-order valence-electron chi connectivity index (χ1n) is 12.8. The molecule has 1 aliphatic carbocycles. The molecule has 2 amide bonds. The van der Waals surface area contributed by atoms with E-state index in [1.165, 1.54) is 11.1 Å². The second kappa shape index (κ2) is 11.1. The Bertz CT molecular complexity index is 1230. The van der Waals surface area contributed by atoms with Crippen LogP contribution < -0.4 is 15.5 Å². The Morgan fingerprint density at radius 2 is 1.78 bits per heavy atom. The topological polar surface area (TPSA) is 82.5 Å². The van der Waals surface area contributed by atoms with Crippen LogP contribution in [0, 0.1) is 13.8 Å². The largest absolute Gasteiger partial charge is 0.353 e. The van der Waals surface area contributed by atoms with E-state index in [-0.39, 0.29) is 30.9 Å². The molecule has 0 saturated heterocycles. The van der Waals surface area contributed by atoms with Gasteiger partial charge in [0, 0.05) is 44.3 Å². The van der Waals surface area contributed by atoms with Gasteiger partial charge in [-0.15, -0.1) is 0 Å². The molecule has 0 fully saturated rings. The summed E-state index contributed by atoms with van der Waals surface area (Å²) >= 11 is 0. The van der Waals surface area contributed by atoms with Gasteiger partial charge in [0.25, 0.3) is 0 Å². The van der Waals surface area contributed by atoms with Crippen molar-refractivity contribution < 1.29 is 9.59 Å². The molecule has 0 aliphatic heterocycles. The lowest BCUT2D eigenvalue weighted by atomic mass is 10.1. The number of carbonyl (C=O) groups is 2. The summed E-state index contributed by atoms with van der Waals surface area (Å²) in [5, 5.41) is 11.8. The van der Waals surface area contributed by atoms with Crippen LogP contribution in [0.25, 0.3) is 10.9 Å². The molecule has 1 aromatic heterocycles. The second-order valence-electron chi connectivity index (χ2n) is 9.76. The van der Waals surface area contributed by atoms with E-state index in [0.717, 1.165) is 47.2 Å². The summed E-state index contributed by atoms with van der Waals surface area (Å²) in [5.74, 6) is -0.0914. The number of benzene rings is 2. The van der Waals surface area contributed by atoms with Crippen LogP contribution in [0.2, 0.25) is 0 Å². The van der Waals surface area contributed by atoms with E-state index >= 15 is 0 Å². The Balaban J connectivity index is 1.55. The molecule has 36 heavy (non-hydrogen) atoms. The van der Waals surface area contributed by atoms with E-state index in [0.29, 0.717) is 13.1 Å². The van der Waals surface area contributed by atoms with E-state index in [4.69, 9.17) is 0 Å². The maximum absolute atomic E-state index is 13.5. The van der Waals surface area contributed by atoms with Gasteiger partial charge in [-0.1, -0.05) is 31.2 Å². The van der Waals surface area contributed by atoms with Crippen molar-refractivity contribution in [3.05, 3.63) is 58.8 Å². The maximum atomic E-state index is 13.5. The summed E-state index contributed by atoms with van der Waals surface area (Å²) in [5.41, 5.74) is 6.47. The second-order valence-corrected chi connectivity index (χ2v) is 9.76. The van der Waals surface area contributed by atoms with Crippen molar-refractivity contribution >= 4 is 28.4 Å². The monoisotopic (exact) mass is 490 g/mol. The van der Waals surface area contributed by atoms with E-state index < -0.39 is 0 Å². The van der Waals surface area contributed by atoms with Gasteiger partial charge in [0.05, 0.1) is 24.3 Å². The van der Waals surface area contributed by atoms with Gasteiger partial charge < -0.3 is 20.4 Å². The zero-order valence-electron chi connectivity index (χ0n) is 22.1. The van der Waals surface area contributed by atoms with Crippen molar-refractivity contribution in [2.45, 2.75) is 39.7 Å². The van der Waals surface area contributed by atoms with Gasteiger partial charge in [-0.2, -0.15) is 5.10 Å². The number of nitrogens with one attached hydrogen (secondary N) is 2. The van der Waals surface area contributed by atoms with Crippen LogP contribution in [-0.4, -0.2) is 72.3 Å². The molecule has 8 nitrogen and oxygen atoms in total. The summed E-state index contributed by atoms with van der Waals surface area (Å²) in [6.45, 7) is 8.42. The molecule has 0 spiro atoms. The Kier molecular flexibility index (Phi) is 7.94. The van der Waals surface area contributed by atoms with Gasteiger partial charge in [0.2, 0.25) is 11.8 Å². The van der Waals surface area contributed by atoms with Crippen LogP contribution in [0.1, 0.15) is 29.3 Å². The fourth-order valence-electron chi connectivity index (χ4n) is 5.13. The smallest absolute Gasteiger partial charge is 0.242 e. The Labute approximate surface area is 213 Å². The SMILES string of the molecule is CCNCCNC(=O)CN(CC(=O)N(C)C1Cc2ccccc2C1)c1cc2c(cc1C)c(C)nn2C. The summed E-state index contributed by atoms with van der Waals surface area (Å²) in [6, 6.07) is 12.7. The summed E-state index contributed by atoms with van der Waals surface area (Å²) in [7, 11) is 3.80. The average Bonchev–Trinajstić information content (AvgIpc) is 3.40. The van der Waals surface area contributed by atoms with Gasteiger partial charge in [-0.3, -0.25) is 14.3 Å². The normalized spacial score (nSPS) is 13.1.